The molecule has 1 aliphatic rings. The van der Waals surface area contributed by atoms with Crippen LogP contribution in [0.5, 0.6) is 0 Å². The number of hydrogen-bond donors (Lipinski definition) is 2. The third kappa shape index (κ3) is 4.03. The Morgan fingerprint density at radius 3 is 2.89 bits per heavy atom. The molecule has 0 saturated carbocycles. The first kappa shape index (κ1) is 13.4. The number of amides is 1. The fraction of sp³-hybridized carbons (Fsp3) is 0.500. The third-order valence-corrected chi connectivity index (χ3v) is 4.37. The minimum absolute atomic E-state index is 0.0464. The zero-order chi connectivity index (χ0) is 12.8. The van der Waals surface area contributed by atoms with Crippen molar-refractivity contribution in [2.75, 3.05) is 11.5 Å². The summed E-state index contributed by atoms with van der Waals surface area (Å²) in [5.41, 5.74) is 7.17. The molecule has 3 nitrogen and oxygen atoms in total. The van der Waals surface area contributed by atoms with Crippen LogP contribution in [0.25, 0.3) is 0 Å². The monoisotopic (exact) mass is 264 g/mol. The van der Waals surface area contributed by atoms with Crippen LogP contribution < -0.4 is 11.1 Å². The maximum absolute atomic E-state index is 11.8. The Hall–Kier alpha value is -1.00. The number of carbonyl (C=O) groups excluding carboxylic acids is 1. The summed E-state index contributed by atoms with van der Waals surface area (Å²) in [6, 6.07) is 10.3. The molecule has 2 unspecified atom stereocenters. The molecule has 0 radical (unpaired) electrons. The van der Waals surface area contributed by atoms with E-state index in [1.807, 2.05) is 42.1 Å². The zero-order valence-corrected chi connectivity index (χ0v) is 11.3. The minimum Gasteiger partial charge on any atom is -0.353 e. The number of carbonyl (C=O) groups is 1. The standard InChI is InChI=1S/C14H20N2OS/c15-13(11-4-2-1-3-5-11)6-7-14(17)16-12-8-9-18-10-12/h1-5,12-13H,6-10,15H2,(H,16,17). The van der Waals surface area contributed by atoms with Crippen molar-refractivity contribution in [1.29, 1.82) is 0 Å². The summed E-state index contributed by atoms with van der Waals surface area (Å²) >= 11 is 1.91. The average Bonchev–Trinajstić information content (AvgIpc) is 2.90. The molecule has 0 bridgehead atoms. The van der Waals surface area contributed by atoms with Crippen molar-refractivity contribution < 1.29 is 4.79 Å². The summed E-state index contributed by atoms with van der Waals surface area (Å²) in [4.78, 5) is 11.8. The number of nitrogens with one attached hydrogen (secondary N) is 1. The van der Waals surface area contributed by atoms with Gasteiger partial charge in [0.2, 0.25) is 5.91 Å². The molecule has 1 aromatic carbocycles. The van der Waals surface area contributed by atoms with Gasteiger partial charge in [-0.05, 0) is 24.2 Å². The molecule has 0 aliphatic carbocycles. The van der Waals surface area contributed by atoms with Crippen molar-refractivity contribution >= 4 is 17.7 Å². The van der Waals surface area contributed by atoms with Gasteiger partial charge in [0.25, 0.3) is 0 Å². The fourth-order valence-electron chi connectivity index (χ4n) is 2.10. The summed E-state index contributed by atoms with van der Waals surface area (Å²) < 4.78 is 0. The summed E-state index contributed by atoms with van der Waals surface area (Å²) in [6.07, 6.45) is 2.31. The van der Waals surface area contributed by atoms with Crippen molar-refractivity contribution in [3.63, 3.8) is 0 Å². The van der Waals surface area contributed by atoms with Crippen molar-refractivity contribution in [2.24, 2.45) is 5.73 Å². The van der Waals surface area contributed by atoms with E-state index in [9.17, 15) is 4.79 Å². The lowest BCUT2D eigenvalue weighted by atomic mass is 10.0. The van der Waals surface area contributed by atoms with Crippen LogP contribution in [0.4, 0.5) is 0 Å². The molecule has 3 N–H and O–H groups in total. The molecule has 1 saturated heterocycles. The highest BCUT2D eigenvalue weighted by molar-refractivity contribution is 7.99. The second-order valence-electron chi connectivity index (χ2n) is 4.68. The van der Waals surface area contributed by atoms with Crippen LogP contribution >= 0.6 is 11.8 Å². The summed E-state index contributed by atoms with van der Waals surface area (Å²) in [5.74, 6) is 2.35. The van der Waals surface area contributed by atoms with E-state index in [2.05, 4.69) is 5.32 Å². The SMILES string of the molecule is NC(CCC(=O)NC1CCSC1)c1ccccc1. The van der Waals surface area contributed by atoms with Crippen LogP contribution in [0.2, 0.25) is 0 Å². The molecule has 18 heavy (non-hydrogen) atoms. The molecule has 98 valence electrons. The quantitative estimate of drug-likeness (QED) is 0.856. The van der Waals surface area contributed by atoms with Gasteiger partial charge in [-0.15, -0.1) is 0 Å². The molecule has 1 fully saturated rings. The minimum atomic E-state index is -0.0464. The Balaban J connectivity index is 1.72. The van der Waals surface area contributed by atoms with Gasteiger partial charge < -0.3 is 11.1 Å². The van der Waals surface area contributed by atoms with Crippen molar-refractivity contribution in [2.45, 2.75) is 31.3 Å². The van der Waals surface area contributed by atoms with E-state index < -0.39 is 0 Å². The van der Waals surface area contributed by atoms with E-state index in [1.54, 1.807) is 0 Å². The summed E-state index contributed by atoms with van der Waals surface area (Å²) in [5, 5.41) is 3.07. The van der Waals surface area contributed by atoms with Crippen molar-refractivity contribution in [3.8, 4) is 0 Å². The molecule has 1 aliphatic heterocycles. The molecule has 2 rings (SSSR count). The van der Waals surface area contributed by atoms with Crippen molar-refractivity contribution in [3.05, 3.63) is 35.9 Å². The molecule has 2 atom stereocenters. The van der Waals surface area contributed by atoms with E-state index in [0.29, 0.717) is 18.9 Å². The molecule has 1 aromatic rings. The smallest absolute Gasteiger partial charge is 0.220 e. The highest BCUT2D eigenvalue weighted by Gasteiger charge is 2.17. The fourth-order valence-corrected chi connectivity index (χ4v) is 3.25. The molecular weight excluding hydrogens is 244 g/mol. The average molecular weight is 264 g/mol. The van der Waals surface area contributed by atoms with Gasteiger partial charge in [0, 0.05) is 24.3 Å². The van der Waals surface area contributed by atoms with E-state index in [-0.39, 0.29) is 11.9 Å². The van der Waals surface area contributed by atoms with Crippen LogP contribution in [0.15, 0.2) is 30.3 Å². The Morgan fingerprint density at radius 1 is 1.44 bits per heavy atom. The van der Waals surface area contributed by atoms with E-state index in [1.165, 1.54) is 0 Å². The third-order valence-electron chi connectivity index (χ3n) is 3.20. The van der Waals surface area contributed by atoms with Crippen LogP contribution in [-0.2, 0) is 4.79 Å². The highest BCUT2D eigenvalue weighted by Crippen LogP contribution is 2.18. The first-order valence-corrected chi connectivity index (χ1v) is 7.59. The Bertz CT molecular complexity index is 377. The molecular formula is C14H20N2OS. The number of hydrogen-bond acceptors (Lipinski definition) is 3. The summed E-state index contributed by atoms with van der Waals surface area (Å²) in [6.45, 7) is 0. The Morgan fingerprint density at radius 2 is 2.22 bits per heavy atom. The number of nitrogens with two attached hydrogens (primary N) is 1. The zero-order valence-electron chi connectivity index (χ0n) is 10.5. The molecule has 1 amide bonds. The van der Waals surface area contributed by atoms with Crippen LogP contribution in [0, 0.1) is 0 Å². The van der Waals surface area contributed by atoms with Gasteiger partial charge in [-0.1, -0.05) is 30.3 Å². The van der Waals surface area contributed by atoms with Gasteiger partial charge in [0.1, 0.15) is 0 Å². The lowest BCUT2D eigenvalue weighted by Gasteiger charge is -2.14. The maximum atomic E-state index is 11.8. The van der Waals surface area contributed by atoms with Gasteiger partial charge in [-0.25, -0.2) is 0 Å². The first-order chi connectivity index (χ1) is 8.75. The number of rotatable bonds is 5. The van der Waals surface area contributed by atoms with Gasteiger partial charge in [0.15, 0.2) is 0 Å². The van der Waals surface area contributed by atoms with Gasteiger partial charge in [-0.2, -0.15) is 11.8 Å². The molecule has 0 spiro atoms. The normalized spacial score (nSPS) is 20.6. The van der Waals surface area contributed by atoms with Gasteiger partial charge in [0.05, 0.1) is 0 Å². The van der Waals surface area contributed by atoms with Crippen LogP contribution in [-0.4, -0.2) is 23.5 Å². The van der Waals surface area contributed by atoms with Gasteiger partial charge >= 0.3 is 0 Å². The van der Waals surface area contributed by atoms with Crippen LogP contribution in [0.1, 0.15) is 30.9 Å². The predicted molar refractivity (Wildman–Crippen MR) is 76.5 cm³/mol. The lowest BCUT2D eigenvalue weighted by Crippen LogP contribution is -2.34. The van der Waals surface area contributed by atoms with Crippen LogP contribution in [0.3, 0.4) is 0 Å². The van der Waals surface area contributed by atoms with Gasteiger partial charge in [-0.3, -0.25) is 4.79 Å². The maximum Gasteiger partial charge on any atom is 0.220 e. The second-order valence-corrected chi connectivity index (χ2v) is 5.83. The number of benzene rings is 1. The molecule has 1 heterocycles. The molecule has 4 heteroatoms. The Kier molecular flexibility index (Phi) is 5.08. The van der Waals surface area contributed by atoms with E-state index >= 15 is 0 Å². The predicted octanol–water partition coefficient (Wildman–Crippen LogP) is 2.09. The lowest BCUT2D eigenvalue weighted by molar-refractivity contribution is -0.121. The largest absolute Gasteiger partial charge is 0.353 e. The van der Waals surface area contributed by atoms with E-state index in [0.717, 1.165) is 23.5 Å². The Labute approximate surface area is 113 Å². The second kappa shape index (κ2) is 6.81. The highest BCUT2D eigenvalue weighted by atomic mass is 32.2. The first-order valence-electron chi connectivity index (χ1n) is 6.43. The summed E-state index contributed by atoms with van der Waals surface area (Å²) in [7, 11) is 0. The van der Waals surface area contributed by atoms with E-state index in [4.69, 9.17) is 5.73 Å². The number of thioether (sulfide) groups is 1. The van der Waals surface area contributed by atoms with Crippen molar-refractivity contribution in [1.82, 2.24) is 5.32 Å². The topological polar surface area (TPSA) is 55.1 Å². The molecule has 0 aromatic heterocycles.